The van der Waals surface area contributed by atoms with Crippen LogP contribution in [-0.2, 0) is 14.4 Å². The molecule has 2 amide bonds. The molecule has 0 aromatic carbocycles. The van der Waals surface area contributed by atoms with Crippen molar-refractivity contribution in [2.24, 2.45) is 38.8 Å². The summed E-state index contributed by atoms with van der Waals surface area (Å²) >= 11 is 0. The molecule has 0 saturated carbocycles. The molecule has 0 aliphatic carbocycles. The molecule has 12 heteroatoms. The van der Waals surface area contributed by atoms with Crippen molar-refractivity contribution in [2.45, 2.75) is 96.6 Å². The molecule has 2 atom stereocenters. The predicted molar refractivity (Wildman–Crippen MR) is 138 cm³/mol. The van der Waals surface area contributed by atoms with E-state index in [2.05, 4.69) is 20.6 Å². The second kappa shape index (κ2) is 19.3. The second-order valence-electron chi connectivity index (χ2n) is 9.18. The van der Waals surface area contributed by atoms with Gasteiger partial charge in [0, 0.05) is 25.6 Å². The van der Waals surface area contributed by atoms with Crippen LogP contribution in [0.25, 0.3) is 0 Å². The van der Waals surface area contributed by atoms with Crippen LogP contribution in [0.2, 0.25) is 0 Å². The molecule has 202 valence electrons. The number of rotatable bonds is 20. The van der Waals surface area contributed by atoms with E-state index in [9.17, 15) is 19.5 Å². The first-order valence-corrected chi connectivity index (χ1v) is 12.4. The van der Waals surface area contributed by atoms with Gasteiger partial charge in [0.25, 0.3) is 0 Å². The number of nitrogens with zero attached hydrogens (tertiary/aromatic N) is 2. The SMILES string of the molecule is CC(C)C[C@@H](CCCN=C(N)N)NC(=O)[C@H](CC(=O)O)NC(=O)CCCCCCCCN=C(N)N. The Balaban J connectivity index is 4.56. The molecule has 0 aromatic rings. The summed E-state index contributed by atoms with van der Waals surface area (Å²) in [6.07, 6.45) is 7.25. The third-order valence-corrected chi connectivity index (χ3v) is 5.24. The molecular formula is C23H46N8O4. The molecule has 35 heavy (non-hydrogen) atoms. The third kappa shape index (κ3) is 20.1. The van der Waals surface area contributed by atoms with E-state index in [0.717, 1.165) is 32.1 Å². The average Bonchev–Trinajstić information content (AvgIpc) is 2.73. The highest BCUT2D eigenvalue weighted by Crippen LogP contribution is 2.12. The van der Waals surface area contributed by atoms with Gasteiger partial charge in [0.05, 0.1) is 6.42 Å². The fourth-order valence-electron chi connectivity index (χ4n) is 3.63. The Morgan fingerprint density at radius 1 is 0.800 bits per heavy atom. The molecule has 0 aromatic heterocycles. The van der Waals surface area contributed by atoms with Gasteiger partial charge in [-0.3, -0.25) is 24.4 Å². The Morgan fingerprint density at radius 2 is 1.34 bits per heavy atom. The van der Waals surface area contributed by atoms with Crippen molar-refractivity contribution in [2.75, 3.05) is 13.1 Å². The maximum Gasteiger partial charge on any atom is 0.305 e. The number of guanidine groups is 2. The van der Waals surface area contributed by atoms with Gasteiger partial charge in [0.2, 0.25) is 11.8 Å². The molecule has 0 aliphatic rings. The highest BCUT2D eigenvalue weighted by atomic mass is 16.4. The number of unbranched alkanes of at least 4 members (excludes halogenated alkanes) is 5. The van der Waals surface area contributed by atoms with Crippen LogP contribution in [0.3, 0.4) is 0 Å². The predicted octanol–water partition coefficient (Wildman–Crippen LogP) is 0.535. The lowest BCUT2D eigenvalue weighted by Crippen LogP contribution is -2.50. The lowest BCUT2D eigenvalue weighted by Gasteiger charge is -2.24. The Labute approximate surface area is 208 Å². The number of aliphatic carboxylic acids is 1. The van der Waals surface area contributed by atoms with Crippen molar-refractivity contribution in [3.05, 3.63) is 0 Å². The number of carbonyl (C=O) groups is 3. The first kappa shape index (κ1) is 31.9. The molecule has 0 aliphatic heterocycles. The fraction of sp³-hybridized carbons (Fsp3) is 0.783. The van der Waals surface area contributed by atoms with Crippen LogP contribution in [0.5, 0.6) is 0 Å². The van der Waals surface area contributed by atoms with Crippen LogP contribution >= 0.6 is 0 Å². The quantitative estimate of drug-likeness (QED) is 0.0710. The normalized spacial score (nSPS) is 12.4. The number of amides is 2. The number of aliphatic imine (C=N–C) groups is 2. The molecule has 0 rings (SSSR count). The van der Waals surface area contributed by atoms with E-state index in [1.54, 1.807) is 0 Å². The van der Waals surface area contributed by atoms with E-state index in [-0.39, 0.29) is 30.3 Å². The summed E-state index contributed by atoms with van der Waals surface area (Å²) in [7, 11) is 0. The monoisotopic (exact) mass is 498 g/mol. The Kier molecular flexibility index (Phi) is 17.6. The Hall–Kier alpha value is -3.05. The van der Waals surface area contributed by atoms with Crippen molar-refractivity contribution in [1.82, 2.24) is 10.6 Å². The molecule has 12 nitrogen and oxygen atoms in total. The lowest BCUT2D eigenvalue weighted by molar-refractivity contribution is -0.140. The number of carboxylic acids is 1. The van der Waals surface area contributed by atoms with Crippen LogP contribution in [0, 0.1) is 5.92 Å². The summed E-state index contributed by atoms with van der Waals surface area (Å²) in [5.41, 5.74) is 21.2. The first-order valence-electron chi connectivity index (χ1n) is 12.4. The smallest absolute Gasteiger partial charge is 0.305 e. The molecule has 0 heterocycles. The van der Waals surface area contributed by atoms with Crippen molar-refractivity contribution in [3.8, 4) is 0 Å². The fourth-order valence-corrected chi connectivity index (χ4v) is 3.63. The van der Waals surface area contributed by atoms with E-state index in [4.69, 9.17) is 22.9 Å². The topological polar surface area (TPSA) is 224 Å². The number of hydrogen-bond acceptors (Lipinski definition) is 5. The Bertz CT molecular complexity index is 689. The first-order chi connectivity index (χ1) is 16.5. The van der Waals surface area contributed by atoms with Gasteiger partial charge in [-0.25, -0.2) is 0 Å². The van der Waals surface area contributed by atoms with Crippen LogP contribution in [0.4, 0.5) is 0 Å². The van der Waals surface area contributed by atoms with E-state index in [0.29, 0.717) is 44.7 Å². The molecule has 0 bridgehead atoms. The zero-order chi connectivity index (χ0) is 26.6. The van der Waals surface area contributed by atoms with Gasteiger partial charge in [-0.05, 0) is 38.0 Å². The number of nitrogens with two attached hydrogens (primary N) is 4. The van der Waals surface area contributed by atoms with Crippen molar-refractivity contribution < 1.29 is 19.5 Å². The van der Waals surface area contributed by atoms with Crippen molar-refractivity contribution in [1.29, 1.82) is 0 Å². The molecule has 0 spiro atoms. The zero-order valence-corrected chi connectivity index (χ0v) is 21.3. The summed E-state index contributed by atoms with van der Waals surface area (Å²) in [6, 6.07) is -1.29. The van der Waals surface area contributed by atoms with Gasteiger partial charge >= 0.3 is 5.97 Å². The van der Waals surface area contributed by atoms with Gasteiger partial charge in [0.15, 0.2) is 11.9 Å². The van der Waals surface area contributed by atoms with Gasteiger partial charge < -0.3 is 38.7 Å². The van der Waals surface area contributed by atoms with Gasteiger partial charge in [-0.15, -0.1) is 0 Å². The maximum absolute atomic E-state index is 12.8. The van der Waals surface area contributed by atoms with Crippen LogP contribution in [0.15, 0.2) is 9.98 Å². The van der Waals surface area contributed by atoms with Crippen molar-refractivity contribution in [3.63, 3.8) is 0 Å². The lowest BCUT2D eigenvalue weighted by atomic mass is 9.99. The van der Waals surface area contributed by atoms with E-state index >= 15 is 0 Å². The van der Waals surface area contributed by atoms with E-state index < -0.39 is 24.3 Å². The summed E-state index contributed by atoms with van der Waals surface area (Å²) in [5, 5.41) is 14.7. The number of carbonyl (C=O) groups excluding carboxylic acids is 2. The average molecular weight is 499 g/mol. The summed E-state index contributed by atoms with van der Waals surface area (Å²) < 4.78 is 0. The van der Waals surface area contributed by atoms with Crippen LogP contribution in [-0.4, -0.2) is 60.0 Å². The third-order valence-electron chi connectivity index (χ3n) is 5.24. The summed E-state index contributed by atoms with van der Waals surface area (Å²) in [5.74, 6) is -1.53. The van der Waals surface area contributed by atoms with E-state index in [1.807, 2.05) is 13.8 Å². The van der Waals surface area contributed by atoms with Crippen LogP contribution in [0.1, 0.15) is 84.5 Å². The second-order valence-corrected chi connectivity index (χ2v) is 9.18. The molecular weight excluding hydrogens is 452 g/mol. The molecule has 0 unspecified atom stereocenters. The van der Waals surface area contributed by atoms with Crippen molar-refractivity contribution >= 4 is 29.7 Å². The molecule has 0 radical (unpaired) electrons. The minimum atomic E-state index is -1.15. The number of hydrogen-bond donors (Lipinski definition) is 7. The van der Waals surface area contributed by atoms with Gasteiger partial charge in [-0.2, -0.15) is 0 Å². The van der Waals surface area contributed by atoms with Gasteiger partial charge in [-0.1, -0.05) is 39.5 Å². The van der Waals surface area contributed by atoms with E-state index in [1.165, 1.54) is 0 Å². The number of nitrogens with one attached hydrogen (secondary N) is 2. The number of carboxylic acid groups (broad SMARTS) is 1. The molecule has 11 N–H and O–H groups in total. The Morgan fingerprint density at radius 3 is 1.89 bits per heavy atom. The summed E-state index contributed by atoms with van der Waals surface area (Å²) in [6.45, 7) is 5.13. The van der Waals surface area contributed by atoms with Gasteiger partial charge in [0.1, 0.15) is 6.04 Å². The standard InChI is InChI=1S/C23H46N8O4/c1-16(2)14-17(10-9-13-29-23(26)27)30-21(35)18(15-20(33)34)31-19(32)11-7-5-3-4-6-8-12-28-22(24)25/h16-18H,3-15H2,1-2H3,(H,30,35)(H,31,32)(H,33,34)(H4,24,25,28)(H4,26,27,29)/t17-,18+/m1/s1. The highest BCUT2D eigenvalue weighted by Gasteiger charge is 2.25. The zero-order valence-electron chi connectivity index (χ0n) is 21.3. The molecule has 0 saturated heterocycles. The highest BCUT2D eigenvalue weighted by molar-refractivity contribution is 5.90. The largest absolute Gasteiger partial charge is 0.481 e. The minimum absolute atomic E-state index is 0.0153. The molecule has 0 fully saturated rings. The summed E-state index contributed by atoms with van der Waals surface area (Å²) in [4.78, 5) is 44.3. The van der Waals surface area contributed by atoms with Crippen LogP contribution < -0.4 is 33.6 Å². The maximum atomic E-state index is 12.8. The minimum Gasteiger partial charge on any atom is -0.481 e.